The van der Waals surface area contributed by atoms with Crippen LogP contribution in [-0.4, -0.2) is 12.4 Å². The number of fused-ring (bicyclic) bond motifs is 1. The predicted octanol–water partition coefficient (Wildman–Crippen LogP) is 3.06. The smallest absolute Gasteiger partial charge is 0.241 e. The van der Waals surface area contributed by atoms with Crippen LogP contribution >= 0.6 is 0 Å². The molecular formula is C16H12N2O2S. The minimum absolute atomic E-state index is 0.230. The van der Waals surface area contributed by atoms with Gasteiger partial charge in [0.25, 0.3) is 10.0 Å². The van der Waals surface area contributed by atoms with E-state index in [0.29, 0.717) is 11.1 Å². The van der Waals surface area contributed by atoms with Gasteiger partial charge in [0.2, 0.25) is 0 Å². The molecule has 1 heterocycles. The first-order valence-corrected chi connectivity index (χ1v) is 7.80. The highest BCUT2D eigenvalue weighted by Gasteiger charge is 2.18. The fourth-order valence-electron chi connectivity index (χ4n) is 2.21. The third-order valence-corrected chi connectivity index (χ3v) is 5.07. The predicted molar refractivity (Wildman–Crippen MR) is 80.4 cm³/mol. The molecule has 3 rings (SSSR count). The Hall–Kier alpha value is -2.58. The summed E-state index contributed by atoms with van der Waals surface area (Å²) in [5, 5.41) is 9.75. The number of benzene rings is 2. The van der Waals surface area contributed by atoms with E-state index < -0.39 is 10.0 Å². The lowest BCUT2D eigenvalue weighted by molar-refractivity contribution is 0.589. The zero-order valence-corrected chi connectivity index (χ0v) is 12.1. The lowest BCUT2D eigenvalue weighted by atomic mass is 10.2. The van der Waals surface area contributed by atoms with Gasteiger partial charge >= 0.3 is 0 Å². The van der Waals surface area contributed by atoms with E-state index in [1.807, 2.05) is 13.0 Å². The van der Waals surface area contributed by atoms with Crippen LogP contribution in [0.2, 0.25) is 0 Å². The van der Waals surface area contributed by atoms with Crippen molar-refractivity contribution in [3.8, 4) is 6.07 Å². The van der Waals surface area contributed by atoms with Crippen LogP contribution in [0.4, 0.5) is 0 Å². The normalized spacial score (nSPS) is 11.4. The van der Waals surface area contributed by atoms with Gasteiger partial charge in [-0.15, -0.1) is 0 Å². The molecule has 4 nitrogen and oxygen atoms in total. The van der Waals surface area contributed by atoms with Crippen LogP contribution in [-0.2, 0) is 10.0 Å². The van der Waals surface area contributed by atoms with Crippen LogP contribution in [0.1, 0.15) is 11.1 Å². The Bertz CT molecular complexity index is 962. The monoisotopic (exact) mass is 296 g/mol. The van der Waals surface area contributed by atoms with Crippen molar-refractivity contribution in [2.75, 3.05) is 0 Å². The van der Waals surface area contributed by atoms with Crippen LogP contribution in [0.25, 0.3) is 10.9 Å². The first-order valence-electron chi connectivity index (χ1n) is 6.36. The number of hydrogen-bond acceptors (Lipinski definition) is 3. The molecule has 3 aromatic rings. The molecule has 0 saturated heterocycles. The summed E-state index contributed by atoms with van der Waals surface area (Å²) in [6.45, 7) is 1.90. The van der Waals surface area contributed by atoms with Crippen molar-refractivity contribution in [3.63, 3.8) is 0 Å². The summed E-state index contributed by atoms with van der Waals surface area (Å²) < 4.78 is 26.6. The molecule has 0 amide bonds. The van der Waals surface area contributed by atoms with Gasteiger partial charge < -0.3 is 0 Å². The Morgan fingerprint density at radius 2 is 1.76 bits per heavy atom. The molecule has 0 aliphatic heterocycles. The first kappa shape index (κ1) is 13.4. The maximum Gasteiger partial charge on any atom is 0.268 e. The number of nitrogens with zero attached hydrogens (tertiary/aromatic N) is 2. The molecule has 21 heavy (non-hydrogen) atoms. The molecule has 5 heteroatoms. The summed E-state index contributed by atoms with van der Waals surface area (Å²) in [4.78, 5) is 0.230. The zero-order valence-electron chi connectivity index (χ0n) is 11.3. The largest absolute Gasteiger partial charge is 0.268 e. The van der Waals surface area contributed by atoms with Crippen molar-refractivity contribution in [1.29, 1.82) is 5.26 Å². The van der Waals surface area contributed by atoms with Crippen LogP contribution in [0.15, 0.2) is 59.6 Å². The summed E-state index contributed by atoms with van der Waals surface area (Å²) in [6.07, 6.45) is 1.51. The molecular weight excluding hydrogens is 284 g/mol. The minimum Gasteiger partial charge on any atom is -0.241 e. The van der Waals surface area contributed by atoms with Gasteiger partial charge in [-0.3, -0.25) is 0 Å². The molecule has 0 N–H and O–H groups in total. The van der Waals surface area contributed by atoms with Gasteiger partial charge in [0.05, 0.1) is 22.0 Å². The van der Waals surface area contributed by atoms with E-state index in [1.54, 1.807) is 48.5 Å². The van der Waals surface area contributed by atoms with Crippen molar-refractivity contribution in [2.45, 2.75) is 11.8 Å². The van der Waals surface area contributed by atoms with Crippen LogP contribution in [0.3, 0.4) is 0 Å². The topological polar surface area (TPSA) is 62.9 Å². The van der Waals surface area contributed by atoms with Gasteiger partial charge in [0.15, 0.2) is 0 Å². The van der Waals surface area contributed by atoms with Crippen LogP contribution < -0.4 is 0 Å². The molecule has 0 unspecified atom stereocenters. The summed E-state index contributed by atoms with van der Waals surface area (Å²) in [6, 6.07) is 15.5. The number of nitriles is 1. The maximum atomic E-state index is 12.7. The van der Waals surface area contributed by atoms with Crippen LogP contribution in [0.5, 0.6) is 0 Å². The van der Waals surface area contributed by atoms with E-state index >= 15 is 0 Å². The third-order valence-electron chi connectivity index (χ3n) is 3.36. The second-order valence-corrected chi connectivity index (χ2v) is 6.63. The molecule has 0 atom stereocenters. The average Bonchev–Trinajstić information content (AvgIpc) is 2.91. The summed E-state index contributed by atoms with van der Waals surface area (Å²) in [7, 11) is -3.66. The summed E-state index contributed by atoms with van der Waals surface area (Å²) in [5.74, 6) is 0. The minimum atomic E-state index is -3.66. The van der Waals surface area contributed by atoms with E-state index in [9.17, 15) is 8.42 Å². The van der Waals surface area contributed by atoms with E-state index in [2.05, 4.69) is 0 Å². The van der Waals surface area contributed by atoms with Gasteiger partial charge in [0.1, 0.15) is 0 Å². The second kappa shape index (κ2) is 4.76. The standard InChI is InChI=1S/C16H12N2O2S/c1-12-2-6-15(7-3-12)21(19,20)18-9-8-14-5-4-13(11-17)10-16(14)18/h2-10H,1H3. The fourth-order valence-corrected chi connectivity index (χ4v) is 3.55. The molecule has 0 fully saturated rings. The van der Waals surface area contributed by atoms with Gasteiger partial charge in [-0.25, -0.2) is 12.4 Å². The molecule has 0 spiro atoms. The number of rotatable bonds is 2. The van der Waals surface area contributed by atoms with Crippen molar-refractivity contribution >= 4 is 20.9 Å². The number of aryl methyl sites for hydroxylation is 1. The molecule has 104 valence electrons. The fraction of sp³-hybridized carbons (Fsp3) is 0.0625. The van der Waals surface area contributed by atoms with E-state index in [4.69, 9.17) is 5.26 Å². The Morgan fingerprint density at radius 3 is 2.43 bits per heavy atom. The number of aromatic nitrogens is 1. The summed E-state index contributed by atoms with van der Waals surface area (Å²) in [5.41, 5.74) is 1.94. The average molecular weight is 296 g/mol. The molecule has 1 aromatic heterocycles. The third kappa shape index (κ3) is 2.20. The lowest BCUT2D eigenvalue weighted by Gasteiger charge is -2.08. The maximum absolute atomic E-state index is 12.7. The lowest BCUT2D eigenvalue weighted by Crippen LogP contribution is -2.11. The Labute approximate surface area is 122 Å². The van der Waals surface area contributed by atoms with Gasteiger partial charge in [-0.2, -0.15) is 5.26 Å². The second-order valence-electron chi connectivity index (χ2n) is 4.82. The van der Waals surface area contributed by atoms with Gasteiger partial charge in [0, 0.05) is 11.6 Å². The SMILES string of the molecule is Cc1ccc(S(=O)(=O)n2ccc3ccc(C#N)cc32)cc1. The first-order chi connectivity index (χ1) is 10.0. The van der Waals surface area contributed by atoms with Crippen molar-refractivity contribution in [2.24, 2.45) is 0 Å². The quantitative estimate of drug-likeness (QED) is 0.730. The molecule has 2 aromatic carbocycles. The van der Waals surface area contributed by atoms with E-state index in [1.165, 1.54) is 10.2 Å². The van der Waals surface area contributed by atoms with Crippen LogP contribution in [0, 0.1) is 18.3 Å². The van der Waals surface area contributed by atoms with E-state index in [-0.39, 0.29) is 4.90 Å². The molecule has 0 aliphatic carbocycles. The molecule has 0 aliphatic rings. The zero-order chi connectivity index (χ0) is 15.0. The highest BCUT2D eigenvalue weighted by atomic mass is 32.2. The Morgan fingerprint density at radius 1 is 1.05 bits per heavy atom. The van der Waals surface area contributed by atoms with Crippen molar-refractivity contribution in [1.82, 2.24) is 3.97 Å². The highest BCUT2D eigenvalue weighted by molar-refractivity contribution is 7.90. The van der Waals surface area contributed by atoms with Gasteiger partial charge in [-0.05, 0) is 37.3 Å². The summed E-state index contributed by atoms with van der Waals surface area (Å²) >= 11 is 0. The molecule has 0 saturated carbocycles. The van der Waals surface area contributed by atoms with Crippen molar-refractivity contribution in [3.05, 3.63) is 65.9 Å². The van der Waals surface area contributed by atoms with Gasteiger partial charge in [-0.1, -0.05) is 23.8 Å². The Kier molecular flexibility index (Phi) is 3.04. The molecule has 0 radical (unpaired) electrons. The van der Waals surface area contributed by atoms with E-state index in [0.717, 1.165) is 10.9 Å². The number of hydrogen-bond donors (Lipinski definition) is 0. The Balaban J connectivity index is 2.24. The molecule has 0 bridgehead atoms. The highest BCUT2D eigenvalue weighted by Crippen LogP contribution is 2.23. The van der Waals surface area contributed by atoms with Crippen molar-refractivity contribution < 1.29 is 8.42 Å².